The van der Waals surface area contributed by atoms with E-state index < -0.39 is 0 Å². The number of nitrogens with zero attached hydrogens (tertiary/aromatic N) is 5. The van der Waals surface area contributed by atoms with Gasteiger partial charge in [0.2, 0.25) is 0 Å². The molecule has 156 valence electrons. The molecule has 0 aliphatic heterocycles. The van der Waals surface area contributed by atoms with E-state index in [0.29, 0.717) is 5.65 Å². The molecule has 0 bridgehead atoms. The summed E-state index contributed by atoms with van der Waals surface area (Å²) in [6.45, 7) is 1.59. The number of ketones is 1. The molecule has 6 rings (SSSR count). The lowest BCUT2D eigenvalue weighted by Gasteiger charge is -1.98. The number of rotatable bonds is 4. The van der Waals surface area contributed by atoms with Gasteiger partial charge in [-0.1, -0.05) is 0 Å². The molecule has 0 spiro atoms. The van der Waals surface area contributed by atoms with E-state index in [0.717, 1.165) is 54.3 Å². The molecule has 9 heteroatoms. The number of pyridine rings is 2. The van der Waals surface area contributed by atoms with Crippen molar-refractivity contribution in [3.63, 3.8) is 0 Å². The molecule has 0 saturated carbocycles. The highest BCUT2D eigenvalue weighted by Gasteiger charge is 2.16. The number of thiophene rings is 1. The number of nitrogens with one attached hydrogen (secondary N) is 2. The van der Waals surface area contributed by atoms with Crippen LogP contribution in [0.15, 0.2) is 55.1 Å². The zero-order valence-electron chi connectivity index (χ0n) is 17.2. The Hall–Kier alpha value is -4.11. The van der Waals surface area contributed by atoms with Gasteiger partial charge in [0.05, 0.1) is 16.8 Å². The lowest BCUT2D eigenvalue weighted by molar-refractivity contribution is 0.102. The third kappa shape index (κ3) is 2.94. The number of aryl methyl sites for hydroxylation is 1. The lowest BCUT2D eigenvalue weighted by Crippen LogP contribution is -1.84. The van der Waals surface area contributed by atoms with Crippen molar-refractivity contribution in [2.75, 3.05) is 0 Å². The SMILES string of the molecule is CC(=O)c1ccc(-c2ccnc3[nH]c(-c4n[nH]c5ncc(-c6cnn(C)c6)cc45)cc23)s1. The first kappa shape index (κ1) is 18.6. The van der Waals surface area contributed by atoms with Crippen molar-refractivity contribution in [3.8, 4) is 33.0 Å². The number of H-pyrrole nitrogens is 2. The quantitative estimate of drug-likeness (QED) is 0.383. The van der Waals surface area contributed by atoms with Gasteiger partial charge in [0, 0.05) is 58.0 Å². The summed E-state index contributed by atoms with van der Waals surface area (Å²) >= 11 is 1.49. The molecule has 6 heterocycles. The maximum atomic E-state index is 11.7. The second-order valence-corrected chi connectivity index (χ2v) is 8.70. The predicted octanol–water partition coefficient (Wildman–Crippen LogP) is 4.83. The first-order valence-corrected chi connectivity index (χ1v) is 10.8. The Kier molecular flexibility index (Phi) is 4.05. The molecule has 0 saturated heterocycles. The minimum atomic E-state index is 0.0706. The Morgan fingerprint density at radius 2 is 1.94 bits per heavy atom. The molecule has 0 aliphatic carbocycles. The van der Waals surface area contributed by atoms with Gasteiger partial charge in [-0.15, -0.1) is 11.3 Å². The monoisotopic (exact) mass is 439 g/mol. The van der Waals surface area contributed by atoms with Crippen LogP contribution in [0.1, 0.15) is 16.6 Å². The maximum Gasteiger partial charge on any atom is 0.169 e. The van der Waals surface area contributed by atoms with Crippen molar-refractivity contribution in [3.05, 3.63) is 60.0 Å². The summed E-state index contributed by atoms with van der Waals surface area (Å²) in [5.41, 5.74) is 6.10. The Labute approximate surface area is 186 Å². The van der Waals surface area contributed by atoms with E-state index >= 15 is 0 Å². The van der Waals surface area contributed by atoms with Gasteiger partial charge < -0.3 is 4.98 Å². The zero-order chi connectivity index (χ0) is 21.8. The molecule has 0 aromatic carbocycles. The molecule has 0 unspecified atom stereocenters. The van der Waals surface area contributed by atoms with Crippen LogP contribution in [0.2, 0.25) is 0 Å². The van der Waals surface area contributed by atoms with Crippen molar-refractivity contribution in [1.29, 1.82) is 0 Å². The predicted molar refractivity (Wildman–Crippen MR) is 124 cm³/mol. The minimum Gasteiger partial charge on any atom is -0.338 e. The third-order valence-corrected chi connectivity index (χ3v) is 6.68. The fourth-order valence-corrected chi connectivity index (χ4v) is 4.82. The van der Waals surface area contributed by atoms with Gasteiger partial charge in [0.25, 0.3) is 0 Å². The van der Waals surface area contributed by atoms with E-state index in [1.165, 1.54) is 11.3 Å². The molecule has 0 radical (unpaired) electrons. The number of hydrogen-bond donors (Lipinski definition) is 2. The number of carbonyl (C=O) groups is 1. The molecule has 2 N–H and O–H groups in total. The largest absolute Gasteiger partial charge is 0.338 e. The summed E-state index contributed by atoms with van der Waals surface area (Å²) in [6, 6.07) is 9.94. The molecular weight excluding hydrogens is 422 g/mol. The van der Waals surface area contributed by atoms with E-state index in [2.05, 4.69) is 42.4 Å². The van der Waals surface area contributed by atoms with Gasteiger partial charge in [-0.2, -0.15) is 10.2 Å². The summed E-state index contributed by atoms with van der Waals surface area (Å²) in [4.78, 5) is 25.9. The van der Waals surface area contributed by atoms with Crippen LogP contribution in [0, 0.1) is 0 Å². The van der Waals surface area contributed by atoms with Crippen LogP contribution in [0.25, 0.3) is 55.0 Å². The van der Waals surface area contributed by atoms with Crippen LogP contribution in [-0.4, -0.2) is 40.7 Å². The van der Waals surface area contributed by atoms with E-state index in [-0.39, 0.29) is 5.78 Å². The van der Waals surface area contributed by atoms with Crippen LogP contribution < -0.4 is 0 Å². The molecule has 8 nitrogen and oxygen atoms in total. The average Bonchev–Trinajstić information content (AvgIpc) is 3.56. The summed E-state index contributed by atoms with van der Waals surface area (Å²) < 4.78 is 1.77. The normalized spacial score (nSPS) is 11.6. The van der Waals surface area contributed by atoms with Gasteiger partial charge in [-0.25, -0.2) is 9.97 Å². The van der Waals surface area contributed by atoms with Gasteiger partial charge in [0.15, 0.2) is 11.4 Å². The lowest BCUT2D eigenvalue weighted by atomic mass is 10.1. The van der Waals surface area contributed by atoms with Crippen molar-refractivity contribution in [2.45, 2.75) is 6.92 Å². The Morgan fingerprint density at radius 1 is 1.03 bits per heavy atom. The highest BCUT2D eigenvalue weighted by atomic mass is 32.1. The number of carbonyl (C=O) groups excluding carboxylic acids is 1. The summed E-state index contributed by atoms with van der Waals surface area (Å²) in [6.07, 6.45) is 7.36. The minimum absolute atomic E-state index is 0.0706. The number of Topliss-reactive ketones (excluding diaryl/α,β-unsaturated/α-hetero) is 1. The number of hydrogen-bond acceptors (Lipinski definition) is 6. The standard InChI is InChI=1S/C23H17N7OS/c1-12(31)19-3-4-20(32-19)15-5-6-24-22-16(15)8-18(27-22)21-17-7-13(9-25-23(17)29-28-21)14-10-26-30(2)11-14/h3-11H,1-2H3,(H,24,27)(H,25,28,29). The zero-order valence-corrected chi connectivity index (χ0v) is 18.1. The fraction of sp³-hybridized carbons (Fsp3) is 0.0870. The Balaban J connectivity index is 1.49. The maximum absolute atomic E-state index is 11.7. The smallest absolute Gasteiger partial charge is 0.169 e. The van der Waals surface area contributed by atoms with Gasteiger partial charge >= 0.3 is 0 Å². The van der Waals surface area contributed by atoms with Gasteiger partial charge in [-0.3, -0.25) is 14.6 Å². The molecule has 6 aromatic heterocycles. The van der Waals surface area contributed by atoms with E-state index in [9.17, 15) is 4.79 Å². The summed E-state index contributed by atoms with van der Waals surface area (Å²) in [5.74, 6) is 0.0706. The van der Waals surface area contributed by atoms with Gasteiger partial charge in [0.1, 0.15) is 11.3 Å². The third-order valence-electron chi connectivity index (χ3n) is 5.46. The first-order valence-electron chi connectivity index (χ1n) is 9.99. The van der Waals surface area contributed by atoms with Crippen LogP contribution >= 0.6 is 11.3 Å². The van der Waals surface area contributed by atoms with Crippen LogP contribution in [0.4, 0.5) is 0 Å². The molecule has 6 aromatic rings. The van der Waals surface area contributed by atoms with Crippen LogP contribution in [0.3, 0.4) is 0 Å². The highest BCUT2D eigenvalue weighted by Crippen LogP contribution is 2.36. The first-order chi connectivity index (χ1) is 15.6. The summed E-state index contributed by atoms with van der Waals surface area (Å²) in [7, 11) is 1.89. The van der Waals surface area contributed by atoms with Gasteiger partial charge in [-0.05, 0) is 37.3 Å². The summed E-state index contributed by atoms with van der Waals surface area (Å²) in [5, 5.41) is 13.7. The second kappa shape index (κ2) is 6.96. The van der Waals surface area contributed by atoms with Crippen molar-refractivity contribution in [1.82, 2.24) is 34.9 Å². The van der Waals surface area contributed by atoms with Crippen molar-refractivity contribution >= 4 is 39.2 Å². The molecular formula is C23H17N7OS. The number of aromatic amines is 2. The average molecular weight is 440 g/mol. The topological polar surface area (TPSA) is 105 Å². The highest BCUT2D eigenvalue weighted by molar-refractivity contribution is 7.17. The molecule has 0 aliphatic rings. The number of fused-ring (bicyclic) bond motifs is 2. The van der Waals surface area contributed by atoms with Crippen molar-refractivity contribution in [2.24, 2.45) is 7.05 Å². The molecule has 32 heavy (non-hydrogen) atoms. The molecule has 0 atom stereocenters. The Morgan fingerprint density at radius 3 is 2.72 bits per heavy atom. The van der Waals surface area contributed by atoms with Crippen LogP contribution in [-0.2, 0) is 7.05 Å². The van der Waals surface area contributed by atoms with E-state index in [1.54, 1.807) is 17.8 Å². The van der Waals surface area contributed by atoms with E-state index in [1.807, 2.05) is 43.8 Å². The molecule has 0 fully saturated rings. The molecule has 0 amide bonds. The number of aromatic nitrogens is 7. The second-order valence-electron chi connectivity index (χ2n) is 7.62. The van der Waals surface area contributed by atoms with E-state index in [4.69, 9.17) is 0 Å². The van der Waals surface area contributed by atoms with Crippen molar-refractivity contribution < 1.29 is 4.79 Å². The van der Waals surface area contributed by atoms with Crippen LogP contribution in [0.5, 0.6) is 0 Å². The Bertz CT molecular complexity index is 1630. The fourth-order valence-electron chi connectivity index (χ4n) is 3.88.